The van der Waals surface area contributed by atoms with Gasteiger partial charge in [-0.05, 0) is 31.0 Å². The van der Waals surface area contributed by atoms with Gasteiger partial charge in [-0.25, -0.2) is 4.79 Å². The number of hydrogen-bond donors (Lipinski definition) is 2. The molecule has 0 spiro atoms. The van der Waals surface area contributed by atoms with Crippen LogP contribution in [-0.2, 0) is 14.0 Å². The normalized spacial score (nSPS) is 9.72. The lowest BCUT2D eigenvalue weighted by Gasteiger charge is -2.02. The van der Waals surface area contributed by atoms with Crippen molar-refractivity contribution in [3.8, 4) is 0 Å². The molecule has 0 aliphatic heterocycles. The molecule has 1 aromatic carbocycles. The predicted octanol–water partition coefficient (Wildman–Crippen LogP) is 1.39. The van der Waals surface area contributed by atoms with Crippen molar-refractivity contribution in [2.45, 2.75) is 13.8 Å². The maximum absolute atomic E-state index is 9.57. The summed E-state index contributed by atoms with van der Waals surface area (Å²) in [6.45, 7) is 4.06. The predicted molar refractivity (Wildman–Crippen MR) is 69.8 cm³/mol. The maximum atomic E-state index is 9.57. The summed E-state index contributed by atoms with van der Waals surface area (Å²) >= 11 is 0. The number of amidine groups is 1. The maximum Gasteiger partial charge on any atom is 0.350 e. The number of nitrogens with one attached hydrogen (secondary N) is 1. The first-order chi connectivity index (χ1) is 8.17. The van der Waals surface area contributed by atoms with Crippen molar-refractivity contribution < 1.29 is 13.2 Å². The van der Waals surface area contributed by atoms with E-state index in [0.717, 1.165) is 11.6 Å². The van der Waals surface area contributed by atoms with Crippen LogP contribution in [0, 0.1) is 19.3 Å². The molecule has 98 valence electrons. The number of rotatable bonds is 2. The highest BCUT2D eigenvalue weighted by Crippen LogP contribution is 2.08. The fraction of sp³-hybridized carbons (Fsp3) is 0.200. The SMILES string of the molecule is Cc1ccc(C(=N)N)cc1C.O=C=NS(=O)(=O)Cl. The number of nitrogens with zero attached hydrogens (tertiary/aromatic N) is 1. The Kier molecular flexibility index (Phi) is 6.26. The van der Waals surface area contributed by atoms with Crippen LogP contribution in [0.4, 0.5) is 0 Å². The van der Waals surface area contributed by atoms with Crippen LogP contribution in [0.3, 0.4) is 0 Å². The topological polar surface area (TPSA) is 113 Å². The lowest BCUT2D eigenvalue weighted by molar-refractivity contribution is 0.564. The lowest BCUT2D eigenvalue weighted by Crippen LogP contribution is -2.11. The first kappa shape index (κ1) is 16.3. The van der Waals surface area contributed by atoms with Gasteiger partial charge in [-0.3, -0.25) is 5.41 Å². The summed E-state index contributed by atoms with van der Waals surface area (Å²) < 4.78 is 21.3. The minimum Gasteiger partial charge on any atom is -0.384 e. The van der Waals surface area contributed by atoms with Crippen LogP contribution in [-0.4, -0.2) is 20.3 Å². The standard InChI is InChI=1S/C9H12N2.CClNO3S/c1-6-3-4-8(9(10)11)5-7(6)2;2-7(5,6)3-1-4/h3-5H,1-2H3,(H3,10,11);. The molecule has 0 atom stereocenters. The number of nitrogen functional groups attached to an aromatic ring is 1. The highest BCUT2D eigenvalue weighted by Gasteiger charge is 1.97. The number of hydrogen-bond acceptors (Lipinski definition) is 4. The van der Waals surface area contributed by atoms with Crippen molar-refractivity contribution in [2.75, 3.05) is 0 Å². The highest BCUT2D eigenvalue weighted by molar-refractivity contribution is 8.12. The van der Waals surface area contributed by atoms with Gasteiger partial charge in [0.2, 0.25) is 0 Å². The summed E-state index contributed by atoms with van der Waals surface area (Å²) in [5, 5.41) is 7.18. The molecule has 1 rings (SSSR count). The Morgan fingerprint density at radius 1 is 1.39 bits per heavy atom. The molecule has 0 unspecified atom stereocenters. The van der Waals surface area contributed by atoms with Crippen LogP contribution in [0.1, 0.15) is 16.7 Å². The van der Waals surface area contributed by atoms with Crippen molar-refractivity contribution in [1.82, 2.24) is 0 Å². The van der Waals surface area contributed by atoms with E-state index in [2.05, 4.69) is 15.1 Å². The van der Waals surface area contributed by atoms with Crippen LogP contribution in [0.2, 0.25) is 0 Å². The molecule has 0 amide bonds. The van der Waals surface area contributed by atoms with E-state index in [9.17, 15) is 8.42 Å². The number of benzene rings is 1. The van der Waals surface area contributed by atoms with E-state index in [1.165, 1.54) is 11.1 Å². The van der Waals surface area contributed by atoms with Crippen LogP contribution in [0.5, 0.6) is 0 Å². The fourth-order valence-electron chi connectivity index (χ4n) is 0.953. The molecule has 0 aliphatic carbocycles. The van der Waals surface area contributed by atoms with Gasteiger partial charge in [0.15, 0.2) is 0 Å². The Balaban J connectivity index is 0.000000360. The molecule has 0 saturated heterocycles. The molecule has 0 saturated carbocycles. The zero-order valence-electron chi connectivity index (χ0n) is 9.77. The van der Waals surface area contributed by atoms with E-state index >= 15 is 0 Å². The number of isocyanates is 1. The summed E-state index contributed by atoms with van der Waals surface area (Å²) in [5.74, 6) is 0.133. The van der Waals surface area contributed by atoms with Gasteiger partial charge in [0.25, 0.3) is 6.08 Å². The smallest absolute Gasteiger partial charge is 0.350 e. The van der Waals surface area contributed by atoms with Crippen molar-refractivity contribution in [3.05, 3.63) is 34.9 Å². The van der Waals surface area contributed by atoms with Gasteiger partial charge in [0.05, 0.1) is 0 Å². The molecular weight excluding hydrogens is 278 g/mol. The third kappa shape index (κ3) is 6.80. The van der Waals surface area contributed by atoms with E-state index in [1.807, 2.05) is 32.0 Å². The number of halogens is 1. The molecule has 6 nitrogen and oxygen atoms in total. The summed E-state index contributed by atoms with van der Waals surface area (Å²) in [6.07, 6.45) is 0.763. The van der Waals surface area contributed by atoms with Gasteiger partial charge in [-0.2, -0.15) is 8.42 Å². The molecule has 18 heavy (non-hydrogen) atoms. The average Bonchev–Trinajstić information content (AvgIpc) is 2.21. The van der Waals surface area contributed by atoms with Gasteiger partial charge in [-0.15, -0.1) is 0 Å². The first-order valence-corrected chi connectivity index (χ1v) is 6.89. The van der Waals surface area contributed by atoms with Gasteiger partial charge in [-0.1, -0.05) is 16.5 Å². The number of carbonyl (C=O) groups excluding carboxylic acids is 1. The number of nitrogens with two attached hydrogens (primary N) is 1. The quantitative estimate of drug-likeness (QED) is 0.370. The Morgan fingerprint density at radius 3 is 2.22 bits per heavy atom. The van der Waals surface area contributed by atoms with Gasteiger partial charge < -0.3 is 5.73 Å². The zero-order valence-corrected chi connectivity index (χ0v) is 11.3. The highest BCUT2D eigenvalue weighted by atomic mass is 35.7. The molecule has 0 radical (unpaired) electrons. The van der Waals surface area contributed by atoms with Crippen LogP contribution in [0.15, 0.2) is 22.6 Å². The summed E-state index contributed by atoms with van der Waals surface area (Å²) in [6, 6.07) is 5.77. The van der Waals surface area contributed by atoms with Crippen molar-refractivity contribution in [3.63, 3.8) is 0 Å². The lowest BCUT2D eigenvalue weighted by atomic mass is 10.1. The molecule has 0 aliphatic rings. The minimum absolute atomic E-state index is 0.133. The molecule has 0 aromatic heterocycles. The molecule has 8 heteroatoms. The first-order valence-electron chi connectivity index (χ1n) is 4.62. The Morgan fingerprint density at radius 2 is 1.94 bits per heavy atom. The summed E-state index contributed by atoms with van der Waals surface area (Å²) in [4.78, 5) is 9.07. The second kappa shape index (κ2) is 6.90. The van der Waals surface area contributed by atoms with Crippen LogP contribution in [0.25, 0.3) is 0 Å². The largest absolute Gasteiger partial charge is 0.384 e. The Bertz CT molecular complexity index is 592. The molecule has 0 bridgehead atoms. The second-order valence-electron chi connectivity index (χ2n) is 3.31. The molecule has 0 fully saturated rings. The summed E-state index contributed by atoms with van der Waals surface area (Å²) in [7, 11) is 0.376. The van der Waals surface area contributed by atoms with Crippen LogP contribution >= 0.6 is 10.7 Å². The monoisotopic (exact) mass is 289 g/mol. The summed E-state index contributed by atoms with van der Waals surface area (Å²) in [5.41, 5.74) is 8.53. The molecule has 0 heterocycles. The van der Waals surface area contributed by atoms with E-state index in [1.54, 1.807) is 0 Å². The Hall–Kier alpha value is -1.69. The minimum atomic E-state index is -4.00. The van der Waals surface area contributed by atoms with E-state index in [-0.39, 0.29) is 5.84 Å². The second-order valence-corrected chi connectivity index (χ2v) is 5.48. The van der Waals surface area contributed by atoms with Crippen molar-refractivity contribution in [1.29, 1.82) is 5.41 Å². The third-order valence-corrected chi connectivity index (χ3v) is 2.46. The zero-order chi connectivity index (χ0) is 14.3. The van der Waals surface area contributed by atoms with Crippen molar-refractivity contribution in [2.24, 2.45) is 10.1 Å². The van der Waals surface area contributed by atoms with Gasteiger partial charge in [0, 0.05) is 16.2 Å². The van der Waals surface area contributed by atoms with E-state index in [4.69, 9.17) is 15.9 Å². The van der Waals surface area contributed by atoms with E-state index < -0.39 is 9.24 Å². The number of aryl methyl sites for hydroxylation is 2. The van der Waals surface area contributed by atoms with Gasteiger partial charge >= 0.3 is 9.24 Å². The molecular formula is C10H12ClN3O3S. The molecule has 3 N–H and O–H groups in total. The third-order valence-electron chi connectivity index (χ3n) is 1.96. The van der Waals surface area contributed by atoms with Crippen molar-refractivity contribution >= 4 is 31.8 Å². The fourth-order valence-corrected chi connectivity index (χ4v) is 1.13. The average molecular weight is 290 g/mol. The van der Waals surface area contributed by atoms with Gasteiger partial charge in [0.1, 0.15) is 5.84 Å². The Labute approximate surface area is 110 Å². The van der Waals surface area contributed by atoms with E-state index in [0.29, 0.717) is 0 Å². The van der Waals surface area contributed by atoms with Crippen LogP contribution < -0.4 is 5.73 Å². The molecule has 1 aromatic rings.